The molecule has 0 bridgehead atoms. The molecule has 0 aliphatic carbocycles. The molecule has 0 radical (unpaired) electrons. The van der Waals surface area contributed by atoms with Crippen LogP contribution in [0.15, 0.2) is 36.5 Å². The van der Waals surface area contributed by atoms with Crippen LogP contribution < -0.4 is 5.32 Å². The fourth-order valence-electron chi connectivity index (χ4n) is 1.53. The van der Waals surface area contributed by atoms with Crippen LogP contribution in [-0.4, -0.2) is 10.9 Å². The zero-order valence-corrected chi connectivity index (χ0v) is 10.9. The zero-order valence-electron chi connectivity index (χ0n) is 10.1. The van der Waals surface area contributed by atoms with E-state index in [4.69, 9.17) is 16.9 Å². The van der Waals surface area contributed by atoms with Crippen LogP contribution in [0.25, 0.3) is 0 Å². The molecule has 0 unspecified atom stereocenters. The number of rotatable bonds is 2. The van der Waals surface area contributed by atoms with Gasteiger partial charge in [0.2, 0.25) is 0 Å². The SMILES string of the molecule is Cc1c(Cl)cccc1NC(=O)c1ccc(C#N)nc1. The van der Waals surface area contributed by atoms with E-state index in [0.29, 0.717) is 16.3 Å². The zero-order chi connectivity index (χ0) is 13.8. The summed E-state index contributed by atoms with van der Waals surface area (Å²) < 4.78 is 0. The van der Waals surface area contributed by atoms with Gasteiger partial charge in [-0.25, -0.2) is 4.98 Å². The van der Waals surface area contributed by atoms with Gasteiger partial charge in [0.15, 0.2) is 0 Å². The Labute approximate surface area is 115 Å². The minimum atomic E-state index is -0.289. The van der Waals surface area contributed by atoms with Gasteiger partial charge >= 0.3 is 0 Å². The molecule has 0 saturated heterocycles. The van der Waals surface area contributed by atoms with Gasteiger partial charge in [0.05, 0.1) is 5.56 Å². The summed E-state index contributed by atoms with van der Waals surface area (Å²) in [5.41, 5.74) is 2.12. The number of nitrogens with zero attached hydrogens (tertiary/aromatic N) is 2. The van der Waals surface area contributed by atoms with Crippen molar-refractivity contribution < 1.29 is 4.79 Å². The second-order valence-electron chi connectivity index (χ2n) is 3.91. The van der Waals surface area contributed by atoms with E-state index in [2.05, 4.69) is 10.3 Å². The number of nitrogens with one attached hydrogen (secondary N) is 1. The molecule has 2 aromatic rings. The van der Waals surface area contributed by atoms with Gasteiger partial charge in [-0.3, -0.25) is 4.79 Å². The minimum absolute atomic E-state index is 0.274. The predicted molar refractivity (Wildman–Crippen MR) is 73.1 cm³/mol. The maximum Gasteiger partial charge on any atom is 0.257 e. The molecule has 4 nitrogen and oxygen atoms in total. The van der Waals surface area contributed by atoms with Gasteiger partial charge < -0.3 is 5.32 Å². The number of amides is 1. The highest BCUT2D eigenvalue weighted by molar-refractivity contribution is 6.31. The number of aromatic nitrogens is 1. The molecule has 1 amide bonds. The summed E-state index contributed by atoms with van der Waals surface area (Å²) in [6.07, 6.45) is 1.37. The first-order chi connectivity index (χ1) is 9.11. The van der Waals surface area contributed by atoms with E-state index < -0.39 is 0 Å². The normalized spacial score (nSPS) is 9.74. The monoisotopic (exact) mass is 271 g/mol. The maximum absolute atomic E-state index is 12.0. The van der Waals surface area contributed by atoms with E-state index >= 15 is 0 Å². The molecule has 94 valence electrons. The molecule has 1 N–H and O–H groups in total. The van der Waals surface area contributed by atoms with Crippen molar-refractivity contribution in [1.82, 2.24) is 4.98 Å². The van der Waals surface area contributed by atoms with E-state index in [-0.39, 0.29) is 11.6 Å². The molecule has 5 heteroatoms. The Hall–Kier alpha value is -2.38. The van der Waals surface area contributed by atoms with Crippen molar-refractivity contribution in [3.63, 3.8) is 0 Å². The van der Waals surface area contributed by atoms with Gasteiger partial charge in [-0.1, -0.05) is 17.7 Å². The maximum atomic E-state index is 12.0. The van der Waals surface area contributed by atoms with Crippen molar-refractivity contribution in [1.29, 1.82) is 5.26 Å². The van der Waals surface area contributed by atoms with Crippen LogP contribution in [0.2, 0.25) is 5.02 Å². The molecule has 0 saturated carbocycles. The summed E-state index contributed by atoms with van der Waals surface area (Å²) in [5, 5.41) is 12.0. The lowest BCUT2D eigenvalue weighted by atomic mass is 10.2. The highest BCUT2D eigenvalue weighted by atomic mass is 35.5. The molecule has 19 heavy (non-hydrogen) atoms. The van der Waals surface area contributed by atoms with Crippen LogP contribution in [0.1, 0.15) is 21.6 Å². The minimum Gasteiger partial charge on any atom is -0.322 e. The lowest BCUT2D eigenvalue weighted by Crippen LogP contribution is -2.13. The standard InChI is InChI=1S/C14H10ClN3O/c1-9-12(15)3-2-4-13(9)18-14(19)10-5-6-11(7-16)17-8-10/h2-6,8H,1H3,(H,18,19). The third kappa shape index (κ3) is 2.90. The molecule has 0 aliphatic rings. The second kappa shape index (κ2) is 5.51. The van der Waals surface area contributed by atoms with Gasteiger partial charge in [0.25, 0.3) is 5.91 Å². The molecule has 0 fully saturated rings. The highest BCUT2D eigenvalue weighted by Crippen LogP contribution is 2.23. The predicted octanol–water partition coefficient (Wildman–Crippen LogP) is 3.17. The Morgan fingerprint density at radius 3 is 2.79 bits per heavy atom. The quantitative estimate of drug-likeness (QED) is 0.912. The molecule has 0 atom stereocenters. The summed E-state index contributed by atoms with van der Waals surface area (Å²) in [7, 11) is 0. The molecule has 2 rings (SSSR count). The Morgan fingerprint density at radius 2 is 2.16 bits per heavy atom. The molecule has 0 spiro atoms. The Kier molecular flexibility index (Phi) is 3.79. The molecule has 1 heterocycles. The Morgan fingerprint density at radius 1 is 1.37 bits per heavy atom. The van der Waals surface area contributed by atoms with Crippen molar-refractivity contribution >= 4 is 23.2 Å². The van der Waals surface area contributed by atoms with Crippen LogP contribution in [0, 0.1) is 18.3 Å². The third-order valence-corrected chi connectivity index (χ3v) is 3.07. The molecular formula is C14H10ClN3O. The second-order valence-corrected chi connectivity index (χ2v) is 4.32. The highest BCUT2D eigenvalue weighted by Gasteiger charge is 2.09. The van der Waals surface area contributed by atoms with Crippen LogP contribution >= 0.6 is 11.6 Å². The fraction of sp³-hybridized carbons (Fsp3) is 0.0714. The van der Waals surface area contributed by atoms with Gasteiger partial charge in [0, 0.05) is 16.9 Å². The van der Waals surface area contributed by atoms with E-state index in [0.717, 1.165) is 5.56 Å². The Balaban J connectivity index is 2.21. The van der Waals surface area contributed by atoms with Crippen LogP contribution in [0.3, 0.4) is 0 Å². The third-order valence-electron chi connectivity index (χ3n) is 2.66. The van der Waals surface area contributed by atoms with Crippen molar-refractivity contribution in [3.05, 3.63) is 58.4 Å². The summed E-state index contributed by atoms with van der Waals surface area (Å²) in [6.45, 7) is 1.83. The smallest absolute Gasteiger partial charge is 0.257 e. The summed E-state index contributed by atoms with van der Waals surface area (Å²) in [4.78, 5) is 15.9. The average molecular weight is 272 g/mol. The molecule has 1 aromatic carbocycles. The van der Waals surface area contributed by atoms with Crippen LogP contribution in [0.5, 0.6) is 0 Å². The number of hydrogen-bond donors (Lipinski definition) is 1. The number of hydrogen-bond acceptors (Lipinski definition) is 3. The molecule has 0 aliphatic heterocycles. The Bertz CT molecular complexity index is 659. The van der Waals surface area contributed by atoms with Gasteiger partial charge in [-0.2, -0.15) is 5.26 Å². The summed E-state index contributed by atoms with van der Waals surface area (Å²) in [5.74, 6) is -0.289. The van der Waals surface area contributed by atoms with E-state index in [1.165, 1.54) is 12.3 Å². The van der Waals surface area contributed by atoms with Gasteiger partial charge in [0.1, 0.15) is 11.8 Å². The fourth-order valence-corrected chi connectivity index (χ4v) is 1.71. The van der Waals surface area contributed by atoms with Gasteiger partial charge in [-0.05, 0) is 36.8 Å². The summed E-state index contributed by atoms with van der Waals surface area (Å²) >= 11 is 5.98. The molecule has 1 aromatic heterocycles. The molecular weight excluding hydrogens is 262 g/mol. The number of halogens is 1. The first-order valence-corrected chi connectivity index (χ1v) is 5.92. The number of nitriles is 1. The van der Waals surface area contributed by atoms with Gasteiger partial charge in [-0.15, -0.1) is 0 Å². The van der Waals surface area contributed by atoms with E-state index in [9.17, 15) is 4.79 Å². The number of benzene rings is 1. The number of anilines is 1. The summed E-state index contributed by atoms with van der Waals surface area (Å²) in [6, 6.07) is 10.3. The average Bonchev–Trinajstić information content (AvgIpc) is 2.44. The number of carbonyl (C=O) groups excluding carboxylic acids is 1. The van der Waals surface area contributed by atoms with Crippen molar-refractivity contribution in [2.24, 2.45) is 0 Å². The van der Waals surface area contributed by atoms with Crippen molar-refractivity contribution in [2.75, 3.05) is 5.32 Å². The van der Waals surface area contributed by atoms with E-state index in [1.807, 2.05) is 13.0 Å². The topological polar surface area (TPSA) is 65.8 Å². The van der Waals surface area contributed by atoms with Crippen molar-refractivity contribution in [2.45, 2.75) is 6.92 Å². The van der Waals surface area contributed by atoms with Crippen LogP contribution in [0.4, 0.5) is 5.69 Å². The van der Waals surface area contributed by atoms with E-state index in [1.54, 1.807) is 24.3 Å². The first kappa shape index (κ1) is 13.1. The largest absolute Gasteiger partial charge is 0.322 e. The van der Waals surface area contributed by atoms with Crippen molar-refractivity contribution in [3.8, 4) is 6.07 Å². The lowest BCUT2D eigenvalue weighted by molar-refractivity contribution is 0.102. The number of carbonyl (C=O) groups is 1. The lowest BCUT2D eigenvalue weighted by Gasteiger charge is -2.09. The first-order valence-electron chi connectivity index (χ1n) is 5.54. The van der Waals surface area contributed by atoms with Crippen LogP contribution in [-0.2, 0) is 0 Å². The number of pyridine rings is 1.